The number of anilines is 1. The van der Waals surface area contributed by atoms with E-state index in [0.29, 0.717) is 28.6 Å². The van der Waals surface area contributed by atoms with E-state index in [2.05, 4.69) is 11.9 Å². The fourth-order valence-corrected chi connectivity index (χ4v) is 2.67. The molecule has 5 nitrogen and oxygen atoms in total. The van der Waals surface area contributed by atoms with E-state index >= 15 is 0 Å². The van der Waals surface area contributed by atoms with Gasteiger partial charge in [0.2, 0.25) is 0 Å². The second-order valence-corrected chi connectivity index (χ2v) is 5.86. The lowest BCUT2D eigenvalue weighted by atomic mass is 10.1. The lowest BCUT2D eigenvalue weighted by molar-refractivity contribution is 0.101. The van der Waals surface area contributed by atoms with Crippen molar-refractivity contribution in [1.82, 2.24) is 0 Å². The number of hydrogen-bond acceptors (Lipinski definition) is 4. The Balaban J connectivity index is 1.93. The number of Topliss-reactive ketones (excluding diaryl/α,β-unsaturated/α-hetero) is 1. The number of hydrogen-bond donors (Lipinski definition) is 1. The van der Waals surface area contributed by atoms with Crippen molar-refractivity contribution in [3.05, 3.63) is 88.3 Å². The molecule has 130 valence electrons. The van der Waals surface area contributed by atoms with E-state index in [0.717, 1.165) is 5.56 Å². The van der Waals surface area contributed by atoms with Crippen LogP contribution in [0.5, 0.6) is 0 Å². The molecule has 1 aromatic heterocycles. The number of nitrogens with one attached hydrogen (secondary N) is 1. The van der Waals surface area contributed by atoms with E-state index in [1.807, 2.05) is 12.1 Å². The van der Waals surface area contributed by atoms with Gasteiger partial charge in [-0.25, -0.2) is 4.79 Å². The van der Waals surface area contributed by atoms with Gasteiger partial charge >= 0.3 is 5.63 Å². The highest BCUT2D eigenvalue weighted by Gasteiger charge is 2.15. The number of rotatable bonds is 5. The Morgan fingerprint density at radius 3 is 2.54 bits per heavy atom. The number of ketones is 1. The first-order valence-corrected chi connectivity index (χ1v) is 8.08. The molecule has 0 atom stereocenters. The summed E-state index contributed by atoms with van der Waals surface area (Å²) in [5.74, 6) is -0.626. The molecule has 0 saturated heterocycles. The first kappa shape index (κ1) is 17.4. The van der Waals surface area contributed by atoms with Gasteiger partial charge < -0.3 is 9.73 Å². The largest absolute Gasteiger partial charge is 0.422 e. The van der Waals surface area contributed by atoms with Crippen LogP contribution in [-0.2, 0) is 6.42 Å². The molecule has 5 heteroatoms. The highest BCUT2D eigenvalue weighted by molar-refractivity contribution is 6.05. The fraction of sp³-hybridized carbons (Fsp3) is 0.0952. The van der Waals surface area contributed by atoms with Gasteiger partial charge in [-0.15, -0.1) is 6.58 Å². The second-order valence-electron chi connectivity index (χ2n) is 5.86. The fourth-order valence-electron chi connectivity index (χ4n) is 2.67. The molecule has 1 N–H and O–H groups in total. The zero-order valence-corrected chi connectivity index (χ0v) is 14.2. The topological polar surface area (TPSA) is 76.4 Å². The molecule has 2 aromatic carbocycles. The van der Waals surface area contributed by atoms with Crippen LogP contribution in [-0.4, -0.2) is 11.7 Å². The van der Waals surface area contributed by atoms with E-state index in [1.54, 1.807) is 36.4 Å². The second kappa shape index (κ2) is 7.19. The van der Waals surface area contributed by atoms with Crippen molar-refractivity contribution in [2.24, 2.45) is 0 Å². The van der Waals surface area contributed by atoms with Gasteiger partial charge in [-0.1, -0.05) is 24.3 Å². The zero-order valence-electron chi connectivity index (χ0n) is 14.2. The molecule has 3 rings (SSSR count). The third-order valence-electron chi connectivity index (χ3n) is 4.00. The summed E-state index contributed by atoms with van der Waals surface area (Å²) in [7, 11) is 0. The lowest BCUT2D eigenvalue weighted by Crippen LogP contribution is -2.20. The van der Waals surface area contributed by atoms with Crippen LogP contribution in [0.2, 0.25) is 0 Å². The Kier molecular flexibility index (Phi) is 4.80. The van der Waals surface area contributed by atoms with E-state index in [-0.39, 0.29) is 11.3 Å². The van der Waals surface area contributed by atoms with Gasteiger partial charge in [0.15, 0.2) is 5.78 Å². The molecule has 0 saturated carbocycles. The first-order valence-electron chi connectivity index (χ1n) is 8.08. The summed E-state index contributed by atoms with van der Waals surface area (Å²) in [6.07, 6.45) is 2.29. The predicted molar refractivity (Wildman–Crippen MR) is 101 cm³/mol. The molecular formula is C21H17NO4. The van der Waals surface area contributed by atoms with Crippen molar-refractivity contribution in [1.29, 1.82) is 0 Å². The van der Waals surface area contributed by atoms with Gasteiger partial charge in [0.05, 0.1) is 0 Å². The third kappa shape index (κ3) is 3.47. The van der Waals surface area contributed by atoms with Gasteiger partial charge in [0.25, 0.3) is 5.91 Å². The van der Waals surface area contributed by atoms with E-state index in [1.165, 1.54) is 13.0 Å². The minimum Gasteiger partial charge on any atom is -0.422 e. The predicted octanol–water partition coefficient (Wildman–Crippen LogP) is 3.98. The summed E-state index contributed by atoms with van der Waals surface area (Å²) in [5.41, 5.74) is 1.54. The monoisotopic (exact) mass is 347 g/mol. The molecule has 0 aliphatic carbocycles. The smallest absolute Gasteiger partial charge is 0.349 e. The van der Waals surface area contributed by atoms with Crippen LogP contribution < -0.4 is 10.9 Å². The van der Waals surface area contributed by atoms with E-state index < -0.39 is 11.5 Å². The standard InChI is InChI=1S/C21H17NO4/c1-3-5-15-6-4-7-16-12-18(21(25)26-19(15)16)20(24)22-17-10-8-14(9-11-17)13(2)23/h3-4,6-12H,1,5H2,2H3,(H,22,24). The van der Waals surface area contributed by atoms with E-state index in [4.69, 9.17) is 4.42 Å². The third-order valence-corrected chi connectivity index (χ3v) is 4.00. The summed E-state index contributed by atoms with van der Waals surface area (Å²) in [5, 5.41) is 3.31. The first-order chi connectivity index (χ1) is 12.5. The highest BCUT2D eigenvalue weighted by Crippen LogP contribution is 2.20. The summed E-state index contributed by atoms with van der Waals surface area (Å²) >= 11 is 0. The average Bonchev–Trinajstić information content (AvgIpc) is 2.62. The minimum atomic E-state index is -0.702. The van der Waals surface area contributed by atoms with E-state index in [9.17, 15) is 14.4 Å². The quantitative estimate of drug-likeness (QED) is 0.430. The summed E-state index contributed by atoms with van der Waals surface area (Å²) in [6.45, 7) is 5.16. The van der Waals surface area contributed by atoms with Crippen molar-refractivity contribution in [2.45, 2.75) is 13.3 Å². The Hall–Kier alpha value is -3.47. The molecule has 0 radical (unpaired) electrons. The van der Waals surface area contributed by atoms with Crippen molar-refractivity contribution in [3.8, 4) is 0 Å². The number of allylic oxidation sites excluding steroid dienone is 1. The average molecular weight is 347 g/mol. The molecule has 0 bridgehead atoms. The normalized spacial score (nSPS) is 10.5. The number of carbonyl (C=O) groups is 2. The maximum Gasteiger partial charge on any atom is 0.349 e. The zero-order chi connectivity index (χ0) is 18.7. The van der Waals surface area contributed by atoms with Crippen LogP contribution in [0.15, 0.2) is 70.4 Å². The molecule has 0 aliphatic rings. The van der Waals surface area contributed by atoms with Gasteiger partial charge in [-0.2, -0.15) is 0 Å². The SMILES string of the molecule is C=CCc1cccc2cc(C(=O)Nc3ccc(C(C)=O)cc3)c(=O)oc12. The molecular weight excluding hydrogens is 330 g/mol. The molecule has 3 aromatic rings. The summed E-state index contributed by atoms with van der Waals surface area (Å²) < 4.78 is 5.38. The van der Waals surface area contributed by atoms with Crippen molar-refractivity contribution in [2.75, 3.05) is 5.32 Å². The summed E-state index contributed by atoms with van der Waals surface area (Å²) in [6, 6.07) is 13.4. The lowest BCUT2D eigenvalue weighted by Gasteiger charge is -2.07. The molecule has 1 heterocycles. The highest BCUT2D eigenvalue weighted by atomic mass is 16.4. The molecule has 0 aliphatic heterocycles. The Morgan fingerprint density at radius 1 is 1.15 bits per heavy atom. The maximum absolute atomic E-state index is 12.5. The van der Waals surface area contributed by atoms with Gasteiger partial charge in [-0.05, 0) is 49.2 Å². The molecule has 26 heavy (non-hydrogen) atoms. The number of benzene rings is 2. The Morgan fingerprint density at radius 2 is 1.88 bits per heavy atom. The van der Waals surface area contributed by atoms with Gasteiger partial charge in [0, 0.05) is 16.6 Å². The van der Waals surface area contributed by atoms with Crippen LogP contribution in [0, 0.1) is 0 Å². The van der Waals surface area contributed by atoms with Crippen LogP contribution >= 0.6 is 0 Å². The molecule has 0 fully saturated rings. The maximum atomic E-state index is 12.5. The van der Waals surface area contributed by atoms with Gasteiger partial charge in [-0.3, -0.25) is 9.59 Å². The number of fused-ring (bicyclic) bond motifs is 1. The number of carbonyl (C=O) groups excluding carboxylic acids is 2. The molecule has 0 spiro atoms. The van der Waals surface area contributed by atoms with Crippen LogP contribution in [0.3, 0.4) is 0 Å². The Bertz CT molecular complexity index is 1060. The van der Waals surface area contributed by atoms with Crippen LogP contribution in [0.4, 0.5) is 5.69 Å². The number of amides is 1. The molecule has 0 unspecified atom stereocenters. The number of para-hydroxylation sites is 1. The summed E-state index contributed by atoms with van der Waals surface area (Å²) in [4.78, 5) is 36.0. The van der Waals surface area contributed by atoms with Crippen molar-refractivity contribution < 1.29 is 14.0 Å². The molecule has 1 amide bonds. The van der Waals surface area contributed by atoms with Crippen LogP contribution in [0.25, 0.3) is 11.0 Å². The minimum absolute atomic E-state index is 0.0617. The van der Waals surface area contributed by atoms with Crippen molar-refractivity contribution in [3.63, 3.8) is 0 Å². The van der Waals surface area contributed by atoms with Crippen molar-refractivity contribution >= 4 is 28.3 Å². The van der Waals surface area contributed by atoms with Crippen LogP contribution in [0.1, 0.15) is 33.2 Å². The Labute approximate surface area is 150 Å². The van der Waals surface area contributed by atoms with Gasteiger partial charge in [0.1, 0.15) is 11.1 Å².